The summed E-state index contributed by atoms with van der Waals surface area (Å²) in [5.41, 5.74) is 1.00. The molecule has 3 rings (SSSR count). The second kappa shape index (κ2) is 9.80. The van der Waals surface area contributed by atoms with Crippen LogP contribution in [0.4, 0.5) is 0 Å². The topological polar surface area (TPSA) is 58.4 Å². The Kier molecular flexibility index (Phi) is 8.42. The zero-order valence-electron chi connectivity index (χ0n) is 14.5. The van der Waals surface area contributed by atoms with Crippen LogP contribution in [0.15, 0.2) is 40.9 Å². The van der Waals surface area contributed by atoms with E-state index in [9.17, 15) is 4.79 Å². The van der Waals surface area contributed by atoms with E-state index in [0.29, 0.717) is 24.8 Å². The average molecular weight is 386 g/mol. The van der Waals surface area contributed by atoms with Gasteiger partial charge in [-0.2, -0.15) is 0 Å². The fourth-order valence-corrected chi connectivity index (χ4v) is 2.93. The standard InChI is InChI=1S/C18H23N3O2.2ClH/c1-13-14(2)21(11-10-19-13)18(22)9-8-17-20-12-16(23-17)15-6-4-3-5-7-15;;/h3-7,12-14,19H,8-11H2,1-2H3;2*1H. The lowest BCUT2D eigenvalue weighted by molar-refractivity contribution is -0.134. The molecule has 0 saturated carbocycles. The summed E-state index contributed by atoms with van der Waals surface area (Å²) >= 11 is 0. The van der Waals surface area contributed by atoms with Gasteiger partial charge in [0.1, 0.15) is 0 Å². The molecular weight excluding hydrogens is 361 g/mol. The normalized spacial score (nSPS) is 19.7. The first-order valence-electron chi connectivity index (χ1n) is 8.18. The molecule has 7 heteroatoms. The third-order valence-corrected chi connectivity index (χ3v) is 4.52. The van der Waals surface area contributed by atoms with Crippen LogP contribution in [-0.4, -0.2) is 41.0 Å². The van der Waals surface area contributed by atoms with Crippen molar-refractivity contribution in [1.82, 2.24) is 15.2 Å². The van der Waals surface area contributed by atoms with Crippen molar-refractivity contribution in [3.8, 4) is 11.3 Å². The van der Waals surface area contributed by atoms with Crippen molar-refractivity contribution < 1.29 is 9.21 Å². The van der Waals surface area contributed by atoms with E-state index >= 15 is 0 Å². The van der Waals surface area contributed by atoms with E-state index in [4.69, 9.17) is 4.42 Å². The highest BCUT2D eigenvalue weighted by molar-refractivity contribution is 5.85. The molecule has 2 unspecified atom stereocenters. The van der Waals surface area contributed by atoms with E-state index in [1.165, 1.54) is 0 Å². The Hall–Kier alpha value is -1.56. The van der Waals surface area contributed by atoms with E-state index in [2.05, 4.69) is 24.1 Å². The van der Waals surface area contributed by atoms with Crippen molar-refractivity contribution in [3.05, 3.63) is 42.4 Å². The Bertz CT molecular complexity index is 663. The minimum Gasteiger partial charge on any atom is -0.441 e. The van der Waals surface area contributed by atoms with Crippen LogP contribution in [0.1, 0.15) is 26.2 Å². The lowest BCUT2D eigenvalue weighted by Crippen LogP contribution is -2.57. The molecule has 1 aliphatic heterocycles. The van der Waals surface area contributed by atoms with Gasteiger partial charge in [0.05, 0.1) is 6.20 Å². The van der Waals surface area contributed by atoms with Crippen molar-refractivity contribution in [2.45, 2.75) is 38.8 Å². The van der Waals surface area contributed by atoms with Gasteiger partial charge in [-0.15, -0.1) is 24.8 Å². The van der Waals surface area contributed by atoms with Gasteiger partial charge in [-0.1, -0.05) is 30.3 Å². The minimum atomic E-state index is 0. The number of carbonyl (C=O) groups excluding carboxylic acids is 1. The van der Waals surface area contributed by atoms with Crippen LogP contribution in [0.2, 0.25) is 0 Å². The van der Waals surface area contributed by atoms with Gasteiger partial charge in [0.15, 0.2) is 11.7 Å². The second-order valence-electron chi connectivity index (χ2n) is 6.05. The molecule has 1 N–H and O–H groups in total. The van der Waals surface area contributed by atoms with Crippen LogP contribution in [0.3, 0.4) is 0 Å². The number of aryl methyl sites for hydroxylation is 1. The number of amides is 1. The maximum atomic E-state index is 12.4. The number of hydrogen-bond donors (Lipinski definition) is 1. The third-order valence-electron chi connectivity index (χ3n) is 4.52. The molecule has 138 valence electrons. The Morgan fingerprint density at radius 2 is 2.00 bits per heavy atom. The average Bonchev–Trinajstić information content (AvgIpc) is 3.05. The molecule has 2 heterocycles. The van der Waals surface area contributed by atoms with Gasteiger partial charge >= 0.3 is 0 Å². The molecule has 0 bridgehead atoms. The molecule has 1 aromatic heterocycles. The predicted molar refractivity (Wildman–Crippen MR) is 103 cm³/mol. The van der Waals surface area contributed by atoms with Crippen LogP contribution in [0, 0.1) is 0 Å². The maximum Gasteiger partial charge on any atom is 0.223 e. The molecule has 1 amide bonds. The van der Waals surface area contributed by atoms with Crippen molar-refractivity contribution >= 4 is 30.7 Å². The van der Waals surface area contributed by atoms with Crippen molar-refractivity contribution in [2.24, 2.45) is 0 Å². The summed E-state index contributed by atoms with van der Waals surface area (Å²) in [6.07, 6.45) is 2.70. The van der Waals surface area contributed by atoms with Crippen LogP contribution < -0.4 is 5.32 Å². The molecular formula is C18H25Cl2N3O2. The van der Waals surface area contributed by atoms with Gasteiger partial charge in [-0.05, 0) is 13.8 Å². The molecule has 25 heavy (non-hydrogen) atoms. The summed E-state index contributed by atoms with van der Waals surface area (Å²) in [7, 11) is 0. The number of nitrogens with zero attached hydrogens (tertiary/aromatic N) is 2. The fraction of sp³-hybridized carbons (Fsp3) is 0.444. The Balaban J connectivity index is 0.00000156. The quantitative estimate of drug-likeness (QED) is 0.876. The number of halogens is 2. The molecule has 0 spiro atoms. The third kappa shape index (κ3) is 5.21. The van der Waals surface area contributed by atoms with Crippen LogP contribution in [-0.2, 0) is 11.2 Å². The number of benzene rings is 1. The molecule has 0 aliphatic carbocycles. The number of rotatable bonds is 4. The summed E-state index contributed by atoms with van der Waals surface area (Å²) in [5.74, 6) is 1.54. The van der Waals surface area contributed by atoms with Crippen molar-refractivity contribution in [3.63, 3.8) is 0 Å². The molecule has 1 aromatic carbocycles. The maximum absolute atomic E-state index is 12.4. The number of nitrogens with one attached hydrogen (secondary N) is 1. The Morgan fingerprint density at radius 1 is 1.28 bits per heavy atom. The van der Waals surface area contributed by atoms with Gasteiger partial charge < -0.3 is 14.6 Å². The first kappa shape index (κ1) is 21.5. The van der Waals surface area contributed by atoms with Crippen LogP contribution in [0.25, 0.3) is 11.3 Å². The molecule has 1 saturated heterocycles. The molecule has 1 fully saturated rings. The van der Waals surface area contributed by atoms with Gasteiger partial charge in [0.2, 0.25) is 5.91 Å². The van der Waals surface area contributed by atoms with Crippen molar-refractivity contribution in [1.29, 1.82) is 0 Å². The monoisotopic (exact) mass is 385 g/mol. The fourth-order valence-electron chi connectivity index (χ4n) is 2.93. The van der Waals surface area contributed by atoms with E-state index in [1.54, 1.807) is 6.20 Å². The largest absolute Gasteiger partial charge is 0.441 e. The number of aromatic nitrogens is 1. The zero-order valence-corrected chi connectivity index (χ0v) is 16.1. The number of hydrogen-bond acceptors (Lipinski definition) is 4. The highest BCUT2D eigenvalue weighted by atomic mass is 35.5. The van der Waals surface area contributed by atoms with E-state index in [-0.39, 0.29) is 36.8 Å². The molecule has 0 radical (unpaired) electrons. The SMILES string of the molecule is CC1NCCN(C(=O)CCc2ncc(-c3ccccc3)o2)C1C.Cl.Cl. The Labute approximate surface area is 161 Å². The first-order valence-corrected chi connectivity index (χ1v) is 8.18. The first-order chi connectivity index (χ1) is 11.1. The summed E-state index contributed by atoms with van der Waals surface area (Å²) in [6, 6.07) is 10.4. The van der Waals surface area contributed by atoms with E-state index < -0.39 is 0 Å². The lowest BCUT2D eigenvalue weighted by Gasteiger charge is -2.38. The summed E-state index contributed by atoms with van der Waals surface area (Å²) in [6.45, 7) is 5.83. The van der Waals surface area contributed by atoms with Crippen LogP contribution in [0.5, 0.6) is 0 Å². The number of piperazine rings is 1. The van der Waals surface area contributed by atoms with Gasteiger partial charge in [-0.25, -0.2) is 4.98 Å². The summed E-state index contributed by atoms with van der Waals surface area (Å²) in [4.78, 5) is 18.7. The van der Waals surface area contributed by atoms with E-state index in [1.807, 2.05) is 35.2 Å². The molecule has 5 nitrogen and oxygen atoms in total. The van der Waals surface area contributed by atoms with Crippen LogP contribution >= 0.6 is 24.8 Å². The minimum absolute atomic E-state index is 0. The lowest BCUT2D eigenvalue weighted by atomic mass is 10.1. The molecule has 2 aromatic rings. The zero-order chi connectivity index (χ0) is 16.2. The highest BCUT2D eigenvalue weighted by Gasteiger charge is 2.27. The second-order valence-corrected chi connectivity index (χ2v) is 6.05. The Morgan fingerprint density at radius 3 is 2.72 bits per heavy atom. The highest BCUT2D eigenvalue weighted by Crippen LogP contribution is 2.20. The van der Waals surface area contributed by atoms with Crippen molar-refractivity contribution in [2.75, 3.05) is 13.1 Å². The molecule has 2 atom stereocenters. The molecule has 1 aliphatic rings. The van der Waals surface area contributed by atoms with E-state index in [0.717, 1.165) is 24.4 Å². The summed E-state index contributed by atoms with van der Waals surface area (Å²) < 4.78 is 5.76. The predicted octanol–water partition coefficient (Wildman–Crippen LogP) is 3.33. The van der Waals surface area contributed by atoms with Gasteiger partial charge in [-0.3, -0.25) is 4.79 Å². The number of oxazole rings is 1. The number of carbonyl (C=O) groups is 1. The van der Waals surface area contributed by atoms with Gasteiger partial charge in [0, 0.05) is 43.6 Å². The summed E-state index contributed by atoms with van der Waals surface area (Å²) in [5, 5.41) is 3.39. The van der Waals surface area contributed by atoms with Gasteiger partial charge in [0.25, 0.3) is 0 Å². The smallest absolute Gasteiger partial charge is 0.223 e.